The van der Waals surface area contributed by atoms with Crippen LogP contribution in [0.5, 0.6) is 0 Å². The van der Waals surface area contributed by atoms with Crippen molar-refractivity contribution in [3.05, 3.63) is 0 Å². The topological polar surface area (TPSA) is 115 Å². The molecule has 0 saturated carbocycles. The zero-order valence-corrected chi connectivity index (χ0v) is 22.4. The molecular formula is C16H19F17N2O6S2. The second-order valence-corrected chi connectivity index (χ2v) is 12.4. The molecule has 0 amide bonds. The average molecular weight is 722 g/mol. The van der Waals surface area contributed by atoms with Gasteiger partial charge in [-0.25, -0.2) is 8.42 Å². The number of halogens is 17. The van der Waals surface area contributed by atoms with Gasteiger partial charge in [0.25, 0.3) is 20.1 Å². The van der Waals surface area contributed by atoms with Gasteiger partial charge in [0.2, 0.25) is 0 Å². The van der Waals surface area contributed by atoms with Gasteiger partial charge in [0.15, 0.2) is 0 Å². The lowest BCUT2D eigenvalue weighted by Crippen LogP contribution is -2.75. The van der Waals surface area contributed by atoms with Crippen LogP contribution in [0.25, 0.3) is 0 Å². The summed E-state index contributed by atoms with van der Waals surface area (Å²) >= 11 is 0. The molecule has 0 saturated heterocycles. The third kappa shape index (κ3) is 7.19. The first-order valence-electron chi connectivity index (χ1n) is 10.4. The van der Waals surface area contributed by atoms with Gasteiger partial charge in [0, 0.05) is 19.6 Å². The van der Waals surface area contributed by atoms with E-state index in [1.54, 1.807) is 0 Å². The van der Waals surface area contributed by atoms with Crippen molar-refractivity contribution < 1.29 is 101 Å². The zero-order chi connectivity index (χ0) is 35.3. The van der Waals surface area contributed by atoms with Gasteiger partial charge in [-0.05, 0) is 20.5 Å². The molecular weight excluding hydrogens is 703 g/mol. The lowest BCUT2D eigenvalue weighted by molar-refractivity contribution is -0.458. The smallest absolute Gasteiger partial charge is 0.390 e. The number of aliphatic hydroxyl groups excluding tert-OH is 1. The Kier molecular flexibility index (Phi) is 11.6. The highest BCUT2D eigenvalue weighted by molar-refractivity contribution is 7.90. The summed E-state index contributed by atoms with van der Waals surface area (Å²) in [7, 11) is -10.7. The van der Waals surface area contributed by atoms with E-state index in [1.807, 2.05) is 0 Å². The minimum atomic E-state index is -9.01. The monoisotopic (exact) mass is 722 g/mol. The van der Waals surface area contributed by atoms with Gasteiger partial charge in [-0.15, -0.1) is 0 Å². The second kappa shape index (κ2) is 12.1. The predicted octanol–water partition coefficient (Wildman–Crippen LogP) is 3.79. The number of likely N-dealkylation sites (N-methyl/N-ethyl adjacent to an activating group) is 1. The zero-order valence-electron chi connectivity index (χ0n) is 20.8. The van der Waals surface area contributed by atoms with Gasteiger partial charge in [-0.1, -0.05) is 0 Å². The fraction of sp³-hybridized carbons (Fsp3) is 1.00. The molecule has 0 aliphatic heterocycles. The Balaban J connectivity index is 7.10. The maximum Gasteiger partial charge on any atom is 0.460 e. The van der Waals surface area contributed by atoms with Crippen molar-refractivity contribution in [1.29, 1.82) is 0 Å². The minimum absolute atomic E-state index is 0.796. The van der Waals surface area contributed by atoms with Crippen LogP contribution in [0.3, 0.4) is 0 Å². The van der Waals surface area contributed by atoms with Crippen molar-refractivity contribution in [3.63, 3.8) is 0 Å². The van der Waals surface area contributed by atoms with E-state index in [-0.39, 0.29) is 0 Å². The van der Waals surface area contributed by atoms with E-state index >= 15 is 0 Å². The highest BCUT2D eigenvalue weighted by Gasteiger charge is 2.96. The first kappa shape index (κ1) is 41.5. The van der Waals surface area contributed by atoms with Gasteiger partial charge in [-0.2, -0.15) is 87.4 Å². The van der Waals surface area contributed by atoms with E-state index in [4.69, 9.17) is 4.55 Å². The maximum atomic E-state index is 14.5. The highest BCUT2D eigenvalue weighted by atomic mass is 32.2. The average Bonchev–Trinajstić information content (AvgIpc) is 2.75. The quantitative estimate of drug-likeness (QED) is 0.184. The van der Waals surface area contributed by atoms with E-state index in [9.17, 15) is 96.6 Å². The Morgan fingerprint density at radius 3 is 1.28 bits per heavy atom. The molecule has 8 nitrogen and oxygen atoms in total. The van der Waals surface area contributed by atoms with Crippen LogP contribution in [-0.2, 0) is 20.1 Å². The molecule has 0 aromatic heterocycles. The standard InChI is InChI=1S/C16H19F17N2O6S2/c1-34(2)6-8(36)7-35(4-3-5-42(37,38)39)43(40,41)16(32,33)14(27,28)12(23,24)10(19,20)9(17,18)11(21,22)13(25,26)15(29,30)31/h8,36H,3-7H2,1-2H3,(H,37,38,39). The van der Waals surface area contributed by atoms with Crippen molar-refractivity contribution >= 4 is 20.1 Å². The van der Waals surface area contributed by atoms with Crippen molar-refractivity contribution in [3.8, 4) is 0 Å². The number of hydrogen-bond acceptors (Lipinski definition) is 6. The fourth-order valence-corrected chi connectivity index (χ4v) is 4.93. The van der Waals surface area contributed by atoms with Crippen molar-refractivity contribution in [2.75, 3.05) is 39.5 Å². The molecule has 0 aromatic rings. The van der Waals surface area contributed by atoms with Crippen LogP contribution in [0.1, 0.15) is 6.42 Å². The summed E-state index contributed by atoms with van der Waals surface area (Å²) in [4.78, 5) is 0.925. The number of hydrogen-bond donors (Lipinski definition) is 2. The van der Waals surface area contributed by atoms with E-state index in [0.717, 1.165) is 19.0 Å². The summed E-state index contributed by atoms with van der Waals surface area (Å²) in [6, 6.07) is 0. The van der Waals surface area contributed by atoms with Crippen LogP contribution in [0.4, 0.5) is 74.6 Å². The summed E-state index contributed by atoms with van der Waals surface area (Å²) in [6.07, 6.45) is -11.7. The predicted molar refractivity (Wildman–Crippen MR) is 107 cm³/mol. The fourth-order valence-electron chi connectivity index (χ4n) is 2.92. The summed E-state index contributed by atoms with van der Waals surface area (Å²) < 4.78 is 283. The van der Waals surface area contributed by atoms with Crippen LogP contribution >= 0.6 is 0 Å². The molecule has 0 aromatic carbocycles. The molecule has 260 valence electrons. The number of nitrogens with zero attached hydrogens (tertiary/aromatic N) is 2. The molecule has 27 heteroatoms. The third-order valence-corrected chi connectivity index (χ3v) is 7.88. The molecule has 43 heavy (non-hydrogen) atoms. The van der Waals surface area contributed by atoms with E-state index in [1.165, 1.54) is 0 Å². The molecule has 0 heterocycles. The Labute approximate surface area is 230 Å². The number of sulfonamides is 1. The van der Waals surface area contributed by atoms with Crippen molar-refractivity contribution in [1.82, 2.24) is 9.21 Å². The summed E-state index contributed by atoms with van der Waals surface area (Å²) in [6.45, 7) is -4.58. The number of rotatable bonds is 16. The Morgan fingerprint density at radius 1 is 0.605 bits per heavy atom. The third-order valence-electron chi connectivity index (χ3n) is 5.16. The van der Waals surface area contributed by atoms with Crippen molar-refractivity contribution in [2.45, 2.75) is 59.5 Å². The summed E-state index contributed by atoms with van der Waals surface area (Å²) in [5.74, 6) is -54.2. The van der Waals surface area contributed by atoms with E-state index in [2.05, 4.69) is 0 Å². The number of alkyl halides is 17. The molecule has 0 spiro atoms. The normalized spacial score (nSPS) is 16.7. The van der Waals surface area contributed by atoms with Crippen molar-refractivity contribution in [2.24, 2.45) is 0 Å². The Morgan fingerprint density at radius 2 is 0.953 bits per heavy atom. The molecule has 2 N–H and O–H groups in total. The largest absolute Gasteiger partial charge is 0.460 e. The SMILES string of the molecule is CN(C)CC(O)CN(CCCS(=O)(=O)O)S(=O)(=O)C(F)(F)C(F)(F)C(F)(F)C(F)(F)C(F)(F)C(F)(F)C(F)(F)C(F)(F)F. The lowest BCUT2D eigenvalue weighted by Gasteiger charge is -2.43. The summed E-state index contributed by atoms with van der Waals surface area (Å²) in [5.41, 5.74) is 0. The van der Waals surface area contributed by atoms with Crippen LogP contribution in [0.2, 0.25) is 0 Å². The first-order chi connectivity index (χ1) is 18.4. The molecule has 0 fully saturated rings. The molecule has 1 atom stereocenters. The van der Waals surface area contributed by atoms with E-state index < -0.39 is 109 Å². The van der Waals surface area contributed by atoms with E-state index in [0.29, 0.717) is 0 Å². The summed E-state index contributed by atoms with van der Waals surface area (Å²) in [5, 5.41) is 1.87. The molecule has 1 unspecified atom stereocenters. The number of aliphatic hydroxyl groups is 1. The highest BCUT2D eigenvalue weighted by Crippen LogP contribution is 2.64. The maximum absolute atomic E-state index is 14.5. The van der Waals surface area contributed by atoms with Gasteiger partial charge in [0.05, 0.1) is 11.9 Å². The minimum Gasteiger partial charge on any atom is -0.390 e. The van der Waals surface area contributed by atoms with Crippen LogP contribution in [0, 0.1) is 0 Å². The Bertz CT molecular complexity index is 1190. The van der Waals surface area contributed by atoms with Gasteiger partial charge in [-0.3, -0.25) is 4.55 Å². The molecule has 0 rings (SSSR count). The van der Waals surface area contributed by atoms with Crippen LogP contribution < -0.4 is 0 Å². The molecule has 0 aliphatic rings. The van der Waals surface area contributed by atoms with Gasteiger partial charge in [0.1, 0.15) is 0 Å². The second-order valence-electron chi connectivity index (χ2n) is 8.88. The molecule has 0 radical (unpaired) electrons. The Hall–Kier alpha value is -1.45. The molecule has 0 bridgehead atoms. The van der Waals surface area contributed by atoms with Crippen LogP contribution in [0.15, 0.2) is 0 Å². The van der Waals surface area contributed by atoms with Crippen LogP contribution in [-0.4, -0.2) is 128 Å². The lowest BCUT2D eigenvalue weighted by atomic mass is 9.91. The molecule has 0 aliphatic carbocycles. The van der Waals surface area contributed by atoms with Gasteiger partial charge >= 0.3 is 47.0 Å². The first-order valence-corrected chi connectivity index (χ1v) is 13.5. The van der Waals surface area contributed by atoms with Gasteiger partial charge < -0.3 is 10.0 Å².